The van der Waals surface area contributed by atoms with Crippen LogP contribution < -0.4 is 4.90 Å². The van der Waals surface area contributed by atoms with E-state index in [1.807, 2.05) is 75.4 Å². The van der Waals surface area contributed by atoms with Crippen LogP contribution in [0.4, 0.5) is 5.69 Å². The summed E-state index contributed by atoms with van der Waals surface area (Å²) in [7, 11) is 0. The van der Waals surface area contributed by atoms with E-state index in [0.717, 1.165) is 28.9 Å². The number of benzene rings is 2. The highest BCUT2D eigenvalue weighted by Crippen LogP contribution is 2.33. The van der Waals surface area contributed by atoms with Gasteiger partial charge in [0.25, 0.3) is 0 Å². The van der Waals surface area contributed by atoms with E-state index in [1.54, 1.807) is 4.90 Å². The smallest absolute Gasteiger partial charge is 0.246 e. The third-order valence-corrected chi connectivity index (χ3v) is 5.37. The van der Waals surface area contributed by atoms with Gasteiger partial charge in [0.1, 0.15) is 0 Å². The lowest BCUT2D eigenvalue weighted by atomic mass is 10.1. The second-order valence-electron chi connectivity index (χ2n) is 5.96. The molecule has 0 N–H and O–H groups in total. The molecule has 0 unspecified atom stereocenters. The van der Waals surface area contributed by atoms with Crippen molar-refractivity contribution >= 4 is 34.2 Å². The second kappa shape index (κ2) is 7.66. The Labute approximate surface area is 152 Å². The van der Waals surface area contributed by atoms with Crippen molar-refractivity contribution in [2.75, 3.05) is 4.90 Å². The maximum atomic E-state index is 12.7. The molecule has 1 aliphatic heterocycles. The first-order valence-corrected chi connectivity index (χ1v) is 9.23. The number of aryl methyl sites for hydroxylation is 1. The normalized spacial score (nSPS) is 19.7. The van der Waals surface area contributed by atoms with Crippen molar-refractivity contribution in [1.29, 1.82) is 0 Å². The number of hydrogen-bond donors (Lipinski definition) is 0. The molecule has 0 aliphatic carbocycles. The Hall–Kier alpha value is -2.40. The number of anilines is 1. The van der Waals surface area contributed by atoms with Crippen LogP contribution in [-0.2, 0) is 4.79 Å². The van der Waals surface area contributed by atoms with Gasteiger partial charge in [-0.3, -0.25) is 9.69 Å². The minimum atomic E-state index is -0.104. The van der Waals surface area contributed by atoms with E-state index in [4.69, 9.17) is 0 Å². The Morgan fingerprint density at radius 1 is 1.12 bits per heavy atom. The molecule has 128 valence electrons. The zero-order valence-electron chi connectivity index (χ0n) is 14.6. The average Bonchev–Trinajstić information content (AvgIpc) is 2.97. The molecule has 1 amide bonds. The van der Waals surface area contributed by atoms with Gasteiger partial charge in [-0.15, -0.1) is 5.10 Å². The number of amidine groups is 1. The molecular weight excluding hydrogens is 330 g/mol. The molecular formula is C20H21N3OS. The first-order chi connectivity index (χ1) is 12.1. The molecule has 3 rings (SSSR count). The van der Waals surface area contributed by atoms with Gasteiger partial charge in [0.2, 0.25) is 5.91 Å². The molecule has 25 heavy (non-hydrogen) atoms. The van der Waals surface area contributed by atoms with Crippen LogP contribution in [0.15, 0.2) is 64.8 Å². The summed E-state index contributed by atoms with van der Waals surface area (Å²) >= 11 is 1.48. The standard InChI is InChI=1S/C20H21N3OS/c1-4-18-19(24)23(17-12-10-14(2)11-13-17)20(25-18)22-21-15(3)16-8-6-5-7-9-16/h5-13,18H,4H2,1-3H3/t18-/m0/s1. The van der Waals surface area contributed by atoms with Crippen molar-refractivity contribution in [2.24, 2.45) is 10.2 Å². The van der Waals surface area contributed by atoms with Gasteiger partial charge < -0.3 is 0 Å². The van der Waals surface area contributed by atoms with E-state index < -0.39 is 0 Å². The van der Waals surface area contributed by atoms with E-state index in [0.29, 0.717) is 5.17 Å². The largest absolute Gasteiger partial charge is 0.273 e. The molecule has 0 bridgehead atoms. The van der Waals surface area contributed by atoms with E-state index in [9.17, 15) is 4.79 Å². The predicted octanol–water partition coefficient (Wildman–Crippen LogP) is 4.63. The van der Waals surface area contributed by atoms with Gasteiger partial charge in [0.05, 0.1) is 16.6 Å². The third kappa shape index (κ3) is 3.82. The van der Waals surface area contributed by atoms with Crippen LogP contribution in [0.25, 0.3) is 0 Å². The molecule has 0 saturated carbocycles. The van der Waals surface area contributed by atoms with Crippen LogP contribution >= 0.6 is 11.8 Å². The lowest BCUT2D eigenvalue weighted by molar-refractivity contribution is -0.116. The summed E-state index contributed by atoms with van der Waals surface area (Å²) < 4.78 is 0. The lowest BCUT2D eigenvalue weighted by Crippen LogP contribution is -2.31. The molecule has 1 fully saturated rings. The lowest BCUT2D eigenvalue weighted by Gasteiger charge is -2.16. The van der Waals surface area contributed by atoms with Crippen molar-refractivity contribution in [2.45, 2.75) is 32.4 Å². The number of rotatable bonds is 4. The topological polar surface area (TPSA) is 45.0 Å². The van der Waals surface area contributed by atoms with E-state index in [2.05, 4.69) is 10.2 Å². The zero-order valence-corrected chi connectivity index (χ0v) is 15.5. The van der Waals surface area contributed by atoms with Crippen LogP contribution in [0.2, 0.25) is 0 Å². The molecule has 4 nitrogen and oxygen atoms in total. The van der Waals surface area contributed by atoms with Gasteiger partial charge in [0.15, 0.2) is 5.17 Å². The minimum Gasteiger partial charge on any atom is -0.273 e. The third-order valence-electron chi connectivity index (χ3n) is 4.07. The molecule has 0 spiro atoms. The fraction of sp³-hybridized carbons (Fsp3) is 0.250. The summed E-state index contributed by atoms with van der Waals surface area (Å²) in [5, 5.41) is 9.29. The van der Waals surface area contributed by atoms with Gasteiger partial charge in [-0.05, 0) is 38.0 Å². The number of thioether (sulfide) groups is 1. The zero-order chi connectivity index (χ0) is 17.8. The summed E-state index contributed by atoms with van der Waals surface area (Å²) in [6.07, 6.45) is 0.770. The van der Waals surface area contributed by atoms with Crippen LogP contribution in [0.3, 0.4) is 0 Å². The SMILES string of the molecule is CC[C@@H]1SC(=NN=C(C)c2ccccc2)N(c2ccc(C)cc2)C1=O. The van der Waals surface area contributed by atoms with Gasteiger partial charge >= 0.3 is 0 Å². The Kier molecular flexibility index (Phi) is 5.34. The second-order valence-corrected chi connectivity index (χ2v) is 7.13. The maximum Gasteiger partial charge on any atom is 0.246 e. The fourth-order valence-electron chi connectivity index (χ4n) is 2.58. The van der Waals surface area contributed by atoms with Gasteiger partial charge in [-0.1, -0.05) is 66.7 Å². The molecule has 0 aromatic heterocycles. The molecule has 5 heteroatoms. The highest BCUT2D eigenvalue weighted by molar-refractivity contribution is 8.16. The number of amides is 1. The highest BCUT2D eigenvalue weighted by Gasteiger charge is 2.38. The molecule has 2 aromatic rings. The first kappa shape index (κ1) is 17.4. The van der Waals surface area contributed by atoms with Crippen molar-refractivity contribution in [3.63, 3.8) is 0 Å². The van der Waals surface area contributed by atoms with Crippen molar-refractivity contribution < 1.29 is 4.79 Å². The van der Waals surface area contributed by atoms with Gasteiger partial charge in [-0.25, -0.2) is 0 Å². The molecule has 2 aromatic carbocycles. The number of carbonyl (C=O) groups excluding carboxylic acids is 1. The van der Waals surface area contributed by atoms with E-state index >= 15 is 0 Å². The Bertz CT molecular complexity index is 813. The van der Waals surface area contributed by atoms with E-state index in [-0.39, 0.29) is 11.2 Å². The Balaban J connectivity index is 1.94. The average molecular weight is 351 g/mol. The first-order valence-electron chi connectivity index (χ1n) is 8.35. The van der Waals surface area contributed by atoms with Crippen molar-refractivity contribution in [3.05, 3.63) is 65.7 Å². The number of nitrogens with zero attached hydrogens (tertiary/aromatic N) is 3. The van der Waals surface area contributed by atoms with Gasteiger partial charge in [0, 0.05) is 0 Å². The minimum absolute atomic E-state index is 0.0719. The van der Waals surface area contributed by atoms with Crippen LogP contribution in [-0.4, -0.2) is 22.0 Å². The predicted molar refractivity (Wildman–Crippen MR) is 106 cm³/mol. The van der Waals surface area contributed by atoms with Crippen LogP contribution in [0.5, 0.6) is 0 Å². The van der Waals surface area contributed by atoms with E-state index in [1.165, 1.54) is 11.8 Å². The van der Waals surface area contributed by atoms with Gasteiger partial charge in [-0.2, -0.15) is 5.10 Å². The Morgan fingerprint density at radius 3 is 2.44 bits per heavy atom. The highest BCUT2D eigenvalue weighted by atomic mass is 32.2. The summed E-state index contributed by atoms with van der Waals surface area (Å²) in [6.45, 7) is 5.97. The number of hydrogen-bond acceptors (Lipinski definition) is 4. The summed E-state index contributed by atoms with van der Waals surface area (Å²) in [4.78, 5) is 14.4. The van der Waals surface area contributed by atoms with Crippen LogP contribution in [0.1, 0.15) is 31.4 Å². The van der Waals surface area contributed by atoms with Crippen LogP contribution in [0, 0.1) is 6.92 Å². The number of carbonyl (C=O) groups is 1. The summed E-state index contributed by atoms with van der Waals surface area (Å²) in [5.41, 5.74) is 3.84. The molecule has 0 radical (unpaired) electrons. The molecule has 1 atom stereocenters. The molecule has 1 heterocycles. The van der Waals surface area contributed by atoms with Crippen molar-refractivity contribution in [1.82, 2.24) is 0 Å². The maximum absolute atomic E-state index is 12.7. The molecule has 1 saturated heterocycles. The fourth-order valence-corrected chi connectivity index (χ4v) is 3.60. The Morgan fingerprint density at radius 2 is 1.80 bits per heavy atom. The summed E-state index contributed by atoms with van der Waals surface area (Å²) in [6, 6.07) is 17.8. The summed E-state index contributed by atoms with van der Waals surface area (Å²) in [5.74, 6) is 0.0719. The quantitative estimate of drug-likeness (QED) is 0.595. The van der Waals surface area contributed by atoms with Crippen molar-refractivity contribution in [3.8, 4) is 0 Å². The molecule has 1 aliphatic rings. The monoisotopic (exact) mass is 351 g/mol.